The normalized spacial score (nSPS) is 23.3. The number of esters is 1. The van der Waals surface area contributed by atoms with Crippen molar-refractivity contribution in [1.82, 2.24) is 9.80 Å². The van der Waals surface area contributed by atoms with Crippen molar-refractivity contribution in [2.24, 2.45) is 11.8 Å². The quantitative estimate of drug-likeness (QED) is 0.769. The molecule has 5 nitrogen and oxygen atoms in total. The number of hydrogen-bond acceptors (Lipinski definition) is 4. The average molecular weight is 334 g/mol. The van der Waals surface area contributed by atoms with Crippen LogP contribution in [0, 0.1) is 17.7 Å². The summed E-state index contributed by atoms with van der Waals surface area (Å²) < 4.78 is 18.3. The number of nitrogens with zero attached hydrogens (tertiary/aromatic N) is 2. The highest BCUT2D eigenvalue weighted by atomic mass is 19.1. The topological polar surface area (TPSA) is 49.9 Å². The average Bonchev–Trinajstić information content (AvgIpc) is 3.12. The van der Waals surface area contributed by atoms with Crippen molar-refractivity contribution in [3.63, 3.8) is 0 Å². The highest BCUT2D eigenvalue weighted by Gasteiger charge is 2.41. The summed E-state index contributed by atoms with van der Waals surface area (Å²) in [7, 11) is 1.33. The van der Waals surface area contributed by atoms with Crippen LogP contribution in [0.4, 0.5) is 4.39 Å². The van der Waals surface area contributed by atoms with Gasteiger partial charge in [0.1, 0.15) is 5.82 Å². The van der Waals surface area contributed by atoms with Gasteiger partial charge in [-0.05, 0) is 17.9 Å². The molecule has 0 bridgehead atoms. The van der Waals surface area contributed by atoms with Crippen molar-refractivity contribution in [1.29, 1.82) is 0 Å². The third kappa shape index (κ3) is 3.75. The van der Waals surface area contributed by atoms with Crippen LogP contribution in [0.5, 0.6) is 0 Å². The van der Waals surface area contributed by atoms with Gasteiger partial charge in [-0.1, -0.05) is 18.2 Å². The number of amides is 1. The highest BCUT2D eigenvalue weighted by Crippen LogP contribution is 2.32. The van der Waals surface area contributed by atoms with E-state index in [4.69, 9.17) is 0 Å². The molecule has 130 valence electrons. The zero-order valence-electron chi connectivity index (χ0n) is 13.9. The van der Waals surface area contributed by atoms with Crippen molar-refractivity contribution < 1.29 is 18.7 Å². The first-order valence-corrected chi connectivity index (χ1v) is 8.37. The molecule has 3 rings (SSSR count). The fourth-order valence-electron chi connectivity index (χ4n) is 3.76. The summed E-state index contributed by atoms with van der Waals surface area (Å²) in [5.74, 6) is 0.404. The smallest absolute Gasteiger partial charge is 0.306 e. The van der Waals surface area contributed by atoms with Gasteiger partial charge in [0, 0.05) is 44.7 Å². The fraction of sp³-hybridized carbons (Fsp3) is 0.556. The second kappa shape index (κ2) is 7.30. The number of carbonyl (C=O) groups excluding carboxylic acids is 2. The van der Waals surface area contributed by atoms with Gasteiger partial charge in [0.05, 0.1) is 13.5 Å². The van der Waals surface area contributed by atoms with Gasteiger partial charge in [0.2, 0.25) is 5.91 Å². The Labute approximate surface area is 141 Å². The van der Waals surface area contributed by atoms with Gasteiger partial charge >= 0.3 is 5.97 Å². The molecule has 0 aromatic heterocycles. The van der Waals surface area contributed by atoms with Gasteiger partial charge in [-0.3, -0.25) is 14.5 Å². The molecule has 2 saturated heterocycles. The first-order valence-electron chi connectivity index (χ1n) is 8.37. The molecule has 1 aromatic carbocycles. The minimum atomic E-state index is -0.348. The number of benzene rings is 1. The summed E-state index contributed by atoms with van der Waals surface area (Å²) in [4.78, 5) is 27.4. The van der Waals surface area contributed by atoms with Crippen LogP contribution in [-0.4, -0.2) is 55.0 Å². The summed E-state index contributed by atoms with van der Waals surface area (Å²) in [6.07, 6.45) is 0.353. The van der Waals surface area contributed by atoms with Gasteiger partial charge < -0.3 is 9.64 Å². The van der Waals surface area contributed by atoms with E-state index >= 15 is 0 Å². The van der Waals surface area contributed by atoms with Gasteiger partial charge in [-0.15, -0.1) is 0 Å². The van der Waals surface area contributed by atoms with Crippen LogP contribution in [-0.2, 0) is 20.9 Å². The lowest BCUT2D eigenvalue weighted by molar-refractivity contribution is -0.143. The first kappa shape index (κ1) is 16.9. The van der Waals surface area contributed by atoms with Crippen LogP contribution in [0.1, 0.15) is 18.4 Å². The van der Waals surface area contributed by atoms with E-state index in [-0.39, 0.29) is 30.5 Å². The van der Waals surface area contributed by atoms with E-state index in [2.05, 4.69) is 9.64 Å². The predicted molar refractivity (Wildman–Crippen MR) is 86.5 cm³/mol. The Morgan fingerprint density at radius 2 is 1.79 bits per heavy atom. The molecule has 6 heteroatoms. The molecule has 24 heavy (non-hydrogen) atoms. The maximum absolute atomic E-state index is 13.8. The number of carbonyl (C=O) groups is 2. The highest BCUT2D eigenvalue weighted by molar-refractivity contribution is 5.81. The summed E-state index contributed by atoms with van der Waals surface area (Å²) in [5, 5.41) is 0. The minimum Gasteiger partial charge on any atom is -0.469 e. The Bertz CT molecular complexity index is 608. The van der Waals surface area contributed by atoms with Crippen molar-refractivity contribution in [2.45, 2.75) is 19.4 Å². The van der Waals surface area contributed by atoms with E-state index in [1.54, 1.807) is 6.07 Å². The molecule has 0 radical (unpaired) electrons. The second-order valence-electron chi connectivity index (χ2n) is 6.68. The van der Waals surface area contributed by atoms with E-state index in [9.17, 15) is 14.0 Å². The number of halogens is 1. The fourth-order valence-corrected chi connectivity index (χ4v) is 3.76. The minimum absolute atomic E-state index is 0.0236. The lowest BCUT2D eigenvalue weighted by Crippen LogP contribution is -2.33. The van der Waals surface area contributed by atoms with E-state index in [1.165, 1.54) is 13.2 Å². The van der Waals surface area contributed by atoms with Crippen LogP contribution in [0.15, 0.2) is 24.3 Å². The molecule has 2 fully saturated rings. The molecule has 1 aromatic rings. The standard InChI is InChI=1S/C18H23FN2O3/c1-24-18(23)7-6-17(22)21-11-14-9-20(10-15(14)12-21)8-13-4-2-3-5-16(13)19/h2-5,14-15H,6-12H2,1H3/t14-,15-/m1/s1. The van der Waals surface area contributed by atoms with Crippen LogP contribution < -0.4 is 0 Å². The predicted octanol–water partition coefficient (Wildman–Crippen LogP) is 1.67. The summed E-state index contributed by atoms with van der Waals surface area (Å²) in [6, 6.07) is 6.88. The maximum atomic E-state index is 13.8. The molecule has 2 atom stereocenters. The van der Waals surface area contributed by atoms with Gasteiger partial charge in [-0.2, -0.15) is 0 Å². The Kier molecular flexibility index (Phi) is 5.14. The number of rotatable bonds is 5. The SMILES string of the molecule is COC(=O)CCC(=O)N1C[C@H]2CN(Cc3ccccc3F)C[C@@H]2C1. The molecular weight excluding hydrogens is 311 g/mol. The molecule has 2 heterocycles. The van der Waals surface area contributed by atoms with Crippen LogP contribution in [0.3, 0.4) is 0 Å². The number of ether oxygens (including phenoxy) is 1. The van der Waals surface area contributed by atoms with E-state index in [0.717, 1.165) is 31.7 Å². The molecule has 0 aliphatic carbocycles. The third-order valence-corrected chi connectivity index (χ3v) is 5.04. The lowest BCUT2D eigenvalue weighted by Gasteiger charge is -2.21. The Morgan fingerprint density at radius 3 is 2.42 bits per heavy atom. The van der Waals surface area contributed by atoms with Crippen molar-refractivity contribution in [2.75, 3.05) is 33.3 Å². The number of likely N-dealkylation sites (tertiary alicyclic amines) is 2. The van der Waals surface area contributed by atoms with Gasteiger partial charge in [0.25, 0.3) is 0 Å². The monoisotopic (exact) mass is 334 g/mol. The Hall–Kier alpha value is -1.95. The number of methoxy groups -OCH3 is 1. The lowest BCUT2D eigenvalue weighted by atomic mass is 10.0. The number of hydrogen-bond donors (Lipinski definition) is 0. The van der Waals surface area contributed by atoms with Crippen LogP contribution in [0.25, 0.3) is 0 Å². The van der Waals surface area contributed by atoms with Crippen LogP contribution >= 0.6 is 0 Å². The molecule has 2 aliphatic rings. The van der Waals surface area contributed by atoms with Crippen molar-refractivity contribution >= 4 is 11.9 Å². The van der Waals surface area contributed by atoms with Gasteiger partial charge in [-0.25, -0.2) is 4.39 Å². The maximum Gasteiger partial charge on any atom is 0.306 e. The summed E-state index contributed by atoms with van der Waals surface area (Å²) in [6.45, 7) is 3.87. The summed E-state index contributed by atoms with van der Waals surface area (Å²) >= 11 is 0. The second-order valence-corrected chi connectivity index (χ2v) is 6.68. The van der Waals surface area contributed by atoms with Crippen LogP contribution in [0.2, 0.25) is 0 Å². The zero-order valence-corrected chi connectivity index (χ0v) is 13.9. The molecule has 0 unspecified atom stereocenters. The van der Waals surface area contributed by atoms with Crippen molar-refractivity contribution in [3.05, 3.63) is 35.6 Å². The van der Waals surface area contributed by atoms with Crippen molar-refractivity contribution in [3.8, 4) is 0 Å². The molecule has 0 saturated carbocycles. The molecule has 0 N–H and O–H groups in total. The molecule has 2 aliphatic heterocycles. The Balaban J connectivity index is 1.48. The molecule has 0 spiro atoms. The Morgan fingerprint density at radius 1 is 1.12 bits per heavy atom. The largest absolute Gasteiger partial charge is 0.469 e. The number of fused-ring (bicyclic) bond motifs is 1. The van der Waals surface area contributed by atoms with E-state index < -0.39 is 0 Å². The van der Waals surface area contributed by atoms with E-state index in [0.29, 0.717) is 18.4 Å². The van der Waals surface area contributed by atoms with Gasteiger partial charge in [0.15, 0.2) is 0 Å². The molecule has 1 amide bonds. The van der Waals surface area contributed by atoms with E-state index in [1.807, 2.05) is 17.0 Å². The molecular formula is C18H23FN2O3. The first-order chi connectivity index (χ1) is 11.6. The summed E-state index contributed by atoms with van der Waals surface area (Å²) in [5.41, 5.74) is 0.725. The zero-order chi connectivity index (χ0) is 17.1. The third-order valence-electron chi connectivity index (χ3n) is 5.04.